The molecule has 2 bridgehead atoms. The number of carboxylic acids is 1. The highest BCUT2D eigenvalue weighted by molar-refractivity contribution is 7.16. The fourth-order valence-corrected chi connectivity index (χ4v) is 5.23. The van der Waals surface area contributed by atoms with Crippen molar-refractivity contribution in [2.24, 2.45) is 11.8 Å². The Morgan fingerprint density at radius 1 is 1.22 bits per heavy atom. The Morgan fingerprint density at radius 3 is 2.48 bits per heavy atom. The van der Waals surface area contributed by atoms with E-state index in [1.807, 2.05) is 20.8 Å². The molecule has 0 saturated carbocycles. The van der Waals surface area contributed by atoms with Gasteiger partial charge in [-0.05, 0) is 38.2 Å². The van der Waals surface area contributed by atoms with Gasteiger partial charge in [0.05, 0.1) is 36.2 Å². The minimum atomic E-state index is -1.01. The predicted octanol–water partition coefficient (Wildman–Crippen LogP) is 3.00. The number of anilines is 1. The Hall–Kier alpha value is -1.93. The Bertz CT molecular complexity index is 758. The summed E-state index contributed by atoms with van der Waals surface area (Å²) in [6.07, 6.45) is 1.91. The first-order chi connectivity index (χ1) is 12.9. The number of amides is 1. The van der Waals surface area contributed by atoms with E-state index in [9.17, 15) is 19.5 Å². The van der Waals surface area contributed by atoms with Crippen LogP contribution in [0.5, 0.6) is 0 Å². The van der Waals surface area contributed by atoms with Gasteiger partial charge < -0.3 is 19.9 Å². The largest absolute Gasteiger partial charge is 0.481 e. The lowest BCUT2D eigenvalue weighted by Crippen LogP contribution is -2.41. The second kappa shape index (κ2) is 7.98. The molecule has 3 rings (SSSR count). The van der Waals surface area contributed by atoms with E-state index in [0.29, 0.717) is 42.9 Å². The summed E-state index contributed by atoms with van der Waals surface area (Å²) in [5.41, 5.74) is 1.24. The van der Waals surface area contributed by atoms with Crippen LogP contribution in [-0.2, 0) is 25.5 Å². The topological polar surface area (TPSA) is 102 Å². The summed E-state index contributed by atoms with van der Waals surface area (Å²) in [6, 6.07) is 0. The average Bonchev–Trinajstić information content (AvgIpc) is 3.31. The molecule has 0 spiro atoms. The molecule has 2 saturated heterocycles. The van der Waals surface area contributed by atoms with E-state index in [2.05, 4.69) is 5.32 Å². The van der Waals surface area contributed by atoms with Gasteiger partial charge in [0.1, 0.15) is 5.00 Å². The zero-order valence-electron chi connectivity index (χ0n) is 15.7. The quantitative estimate of drug-likeness (QED) is 0.688. The highest BCUT2D eigenvalue weighted by atomic mass is 32.1. The molecule has 2 aliphatic rings. The van der Waals surface area contributed by atoms with Crippen LogP contribution in [0.2, 0.25) is 0 Å². The molecule has 1 aromatic rings. The molecule has 2 N–H and O–H groups in total. The van der Waals surface area contributed by atoms with E-state index in [4.69, 9.17) is 9.47 Å². The number of hydrogen-bond acceptors (Lipinski definition) is 6. The van der Waals surface area contributed by atoms with Gasteiger partial charge in [0.2, 0.25) is 5.91 Å². The lowest BCUT2D eigenvalue weighted by molar-refractivity contribution is -0.147. The normalized spacial score (nSPS) is 26.2. The van der Waals surface area contributed by atoms with Gasteiger partial charge in [-0.2, -0.15) is 0 Å². The molecule has 2 fully saturated rings. The third-order valence-corrected chi connectivity index (χ3v) is 6.36. The summed E-state index contributed by atoms with van der Waals surface area (Å²) >= 11 is 1.32. The number of aryl methyl sites for hydroxylation is 1. The van der Waals surface area contributed by atoms with Gasteiger partial charge in [0.25, 0.3) is 0 Å². The molecule has 1 aromatic heterocycles. The molecule has 2 aliphatic heterocycles. The van der Waals surface area contributed by atoms with Crippen molar-refractivity contribution in [3.8, 4) is 0 Å². The Balaban J connectivity index is 1.85. The maximum absolute atomic E-state index is 12.9. The molecule has 27 heavy (non-hydrogen) atoms. The summed E-state index contributed by atoms with van der Waals surface area (Å²) < 4.78 is 11.0. The van der Waals surface area contributed by atoms with Crippen LogP contribution in [-0.4, -0.2) is 41.8 Å². The highest BCUT2D eigenvalue weighted by Gasteiger charge is 2.55. The fraction of sp³-hybridized carbons (Fsp3) is 0.632. The predicted molar refractivity (Wildman–Crippen MR) is 100 cm³/mol. The number of carboxylic acid groups (broad SMARTS) is 1. The number of nitrogens with one attached hydrogen (secondary N) is 1. The van der Waals surface area contributed by atoms with Crippen molar-refractivity contribution in [3.63, 3.8) is 0 Å². The highest BCUT2D eigenvalue weighted by Crippen LogP contribution is 2.44. The van der Waals surface area contributed by atoms with E-state index in [0.717, 1.165) is 10.4 Å². The fourth-order valence-electron chi connectivity index (χ4n) is 4.10. The first-order valence-electron chi connectivity index (χ1n) is 9.37. The maximum Gasteiger partial charge on any atom is 0.341 e. The van der Waals surface area contributed by atoms with E-state index in [1.165, 1.54) is 11.3 Å². The van der Waals surface area contributed by atoms with Gasteiger partial charge in [0.15, 0.2) is 0 Å². The number of carbonyl (C=O) groups is 3. The third kappa shape index (κ3) is 3.60. The van der Waals surface area contributed by atoms with Crippen molar-refractivity contribution in [2.75, 3.05) is 11.9 Å². The second-order valence-corrected chi connectivity index (χ2v) is 8.22. The third-order valence-electron chi connectivity index (χ3n) is 5.30. The molecule has 1 amide bonds. The van der Waals surface area contributed by atoms with E-state index in [1.54, 1.807) is 0 Å². The number of fused-ring (bicyclic) bond motifs is 2. The van der Waals surface area contributed by atoms with E-state index in [-0.39, 0.29) is 6.10 Å². The standard InChI is InChI=1S/C19H25NO6S/c1-4-8-25-19(24)13-10(5-2)9(3)27-17(13)20-16(21)14-11-6-7-12(26-11)15(14)18(22)23/h11-12,14-15H,4-8H2,1-3H3,(H,20,21)(H,22,23)/t11-,12+,14+,15+/m1/s1. The van der Waals surface area contributed by atoms with Crippen LogP contribution in [0.25, 0.3) is 0 Å². The van der Waals surface area contributed by atoms with Crippen LogP contribution in [0.1, 0.15) is 53.9 Å². The minimum Gasteiger partial charge on any atom is -0.481 e. The molecule has 0 aromatic carbocycles. The van der Waals surface area contributed by atoms with Crippen LogP contribution < -0.4 is 5.32 Å². The SMILES string of the molecule is CCCOC(=O)c1c(NC(=O)[C@@H]2[C@@H](C(=O)O)[C@@H]3CC[C@H]2O3)sc(C)c1CC. The Labute approximate surface area is 162 Å². The lowest BCUT2D eigenvalue weighted by atomic mass is 9.79. The number of aliphatic carboxylic acids is 1. The molecule has 4 atom stereocenters. The summed E-state index contributed by atoms with van der Waals surface area (Å²) in [7, 11) is 0. The number of thiophene rings is 1. The van der Waals surface area contributed by atoms with Crippen molar-refractivity contribution in [1.82, 2.24) is 0 Å². The summed E-state index contributed by atoms with van der Waals surface area (Å²) in [5, 5.41) is 12.8. The van der Waals surface area contributed by atoms with Gasteiger partial charge >= 0.3 is 11.9 Å². The van der Waals surface area contributed by atoms with E-state index < -0.39 is 35.8 Å². The second-order valence-electron chi connectivity index (χ2n) is 7.00. The first-order valence-corrected chi connectivity index (χ1v) is 10.2. The zero-order chi connectivity index (χ0) is 19.7. The van der Waals surface area contributed by atoms with Crippen LogP contribution in [0.3, 0.4) is 0 Å². The first kappa shape index (κ1) is 19.8. The summed E-state index contributed by atoms with van der Waals surface area (Å²) in [6.45, 7) is 6.07. The summed E-state index contributed by atoms with van der Waals surface area (Å²) in [4.78, 5) is 38.0. The Morgan fingerprint density at radius 2 is 1.89 bits per heavy atom. The molecule has 0 radical (unpaired) electrons. The van der Waals surface area contributed by atoms with Crippen LogP contribution in [0.15, 0.2) is 0 Å². The molecular weight excluding hydrogens is 370 g/mol. The number of ether oxygens (including phenoxy) is 2. The number of esters is 1. The van der Waals surface area contributed by atoms with Crippen molar-refractivity contribution in [2.45, 2.75) is 58.7 Å². The van der Waals surface area contributed by atoms with E-state index >= 15 is 0 Å². The number of rotatable bonds is 7. The maximum atomic E-state index is 12.9. The van der Waals surface area contributed by atoms with Gasteiger partial charge in [-0.3, -0.25) is 9.59 Å². The van der Waals surface area contributed by atoms with Crippen molar-refractivity contribution in [3.05, 3.63) is 16.0 Å². The van der Waals surface area contributed by atoms with Crippen LogP contribution in [0.4, 0.5) is 5.00 Å². The molecule has 0 aliphatic carbocycles. The lowest BCUT2D eigenvalue weighted by Gasteiger charge is -2.23. The molecule has 7 nitrogen and oxygen atoms in total. The molecule has 8 heteroatoms. The zero-order valence-corrected chi connectivity index (χ0v) is 16.6. The van der Waals surface area contributed by atoms with Gasteiger partial charge in [-0.1, -0.05) is 13.8 Å². The van der Waals surface area contributed by atoms with Gasteiger partial charge in [-0.25, -0.2) is 4.79 Å². The van der Waals surface area contributed by atoms with Gasteiger partial charge in [0, 0.05) is 4.88 Å². The van der Waals surface area contributed by atoms with Crippen LogP contribution >= 0.6 is 11.3 Å². The average molecular weight is 395 g/mol. The van der Waals surface area contributed by atoms with Crippen LogP contribution in [0, 0.1) is 18.8 Å². The monoisotopic (exact) mass is 395 g/mol. The number of hydrogen-bond donors (Lipinski definition) is 2. The molecule has 0 unspecified atom stereocenters. The van der Waals surface area contributed by atoms with Gasteiger partial charge in [-0.15, -0.1) is 11.3 Å². The smallest absolute Gasteiger partial charge is 0.341 e. The minimum absolute atomic E-state index is 0.311. The van der Waals surface area contributed by atoms with Crippen molar-refractivity contribution < 1.29 is 29.0 Å². The molecule has 3 heterocycles. The number of carbonyl (C=O) groups excluding carboxylic acids is 2. The molecule has 148 valence electrons. The summed E-state index contributed by atoms with van der Waals surface area (Å²) in [5.74, 6) is -3.45. The Kier molecular flexibility index (Phi) is 5.86. The van der Waals surface area contributed by atoms with Crippen molar-refractivity contribution >= 4 is 34.2 Å². The molecular formula is C19H25NO6S. The van der Waals surface area contributed by atoms with Crippen molar-refractivity contribution in [1.29, 1.82) is 0 Å².